The number of hydrazone groups is 1. The number of carbonyl (C=O) groups excluding carboxylic acids is 2. The highest BCUT2D eigenvalue weighted by Crippen LogP contribution is 2.33. The number of esters is 1. The Balaban J connectivity index is 1.42. The Hall–Kier alpha value is -4.40. The van der Waals surface area contributed by atoms with Crippen molar-refractivity contribution in [1.29, 1.82) is 0 Å². The number of fused-ring (bicyclic) bond motifs is 1. The molecule has 0 bridgehead atoms. The van der Waals surface area contributed by atoms with E-state index in [1.807, 2.05) is 6.92 Å². The third-order valence-corrected chi connectivity index (χ3v) is 4.55. The van der Waals surface area contributed by atoms with Crippen LogP contribution in [-0.4, -0.2) is 37.0 Å². The van der Waals surface area contributed by atoms with Crippen LogP contribution in [0.15, 0.2) is 59.8 Å². The van der Waals surface area contributed by atoms with Crippen molar-refractivity contribution in [3.8, 4) is 23.0 Å². The monoisotopic (exact) mass is 433 g/mol. The average molecular weight is 433 g/mol. The van der Waals surface area contributed by atoms with Crippen molar-refractivity contribution in [2.45, 2.75) is 6.92 Å². The van der Waals surface area contributed by atoms with E-state index in [4.69, 9.17) is 18.9 Å². The zero-order chi connectivity index (χ0) is 22.5. The third-order valence-electron chi connectivity index (χ3n) is 4.55. The van der Waals surface area contributed by atoms with Crippen molar-refractivity contribution >= 4 is 18.1 Å². The van der Waals surface area contributed by atoms with Crippen LogP contribution >= 0.6 is 0 Å². The largest absolute Gasteiger partial charge is 0.493 e. The highest BCUT2D eigenvalue weighted by molar-refractivity contribution is 5.95. The fourth-order valence-corrected chi connectivity index (χ4v) is 2.86. The fourth-order valence-electron chi connectivity index (χ4n) is 2.86. The number of nitrogens with one attached hydrogen (secondary N) is 1. The van der Waals surface area contributed by atoms with Crippen LogP contribution in [0.2, 0.25) is 0 Å². The summed E-state index contributed by atoms with van der Waals surface area (Å²) < 4.78 is 21.3. The van der Waals surface area contributed by atoms with Crippen LogP contribution in [0.25, 0.3) is 0 Å². The van der Waals surface area contributed by atoms with Crippen molar-refractivity contribution in [2.24, 2.45) is 5.10 Å². The average Bonchev–Trinajstić information content (AvgIpc) is 3.28. The molecule has 0 unspecified atom stereocenters. The highest BCUT2D eigenvalue weighted by atomic mass is 16.7. The molecule has 1 aromatic heterocycles. The second kappa shape index (κ2) is 9.17. The predicted octanol–water partition coefficient (Wildman–Crippen LogP) is 3.11. The minimum Gasteiger partial charge on any atom is -0.493 e. The van der Waals surface area contributed by atoms with Gasteiger partial charge in [0.15, 0.2) is 23.0 Å². The highest BCUT2D eigenvalue weighted by Gasteiger charge is 2.18. The van der Waals surface area contributed by atoms with Crippen molar-refractivity contribution in [1.82, 2.24) is 10.4 Å². The molecular formula is C23H19N3O6. The number of aromatic nitrogens is 1. The summed E-state index contributed by atoms with van der Waals surface area (Å²) in [4.78, 5) is 28.7. The Labute approximate surface area is 183 Å². The van der Waals surface area contributed by atoms with E-state index in [0.717, 1.165) is 5.69 Å². The Kier molecular flexibility index (Phi) is 5.98. The van der Waals surface area contributed by atoms with Gasteiger partial charge in [-0.05, 0) is 61.0 Å². The summed E-state index contributed by atoms with van der Waals surface area (Å²) in [5.74, 6) is 0.686. The van der Waals surface area contributed by atoms with Crippen LogP contribution < -0.4 is 24.4 Å². The summed E-state index contributed by atoms with van der Waals surface area (Å²) in [7, 11) is 1.46. The normalized spacial score (nSPS) is 11.9. The van der Waals surface area contributed by atoms with Gasteiger partial charge in [0.25, 0.3) is 5.91 Å². The number of nitrogens with zero attached hydrogens (tertiary/aromatic N) is 2. The lowest BCUT2D eigenvalue weighted by atomic mass is 10.2. The zero-order valence-electron chi connectivity index (χ0n) is 17.3. The third kappa shape index (κ3) is 4.67. The lowest BCUT2D eigenvalue weighted by molar-refractivity contribution is 0.0729. The molecule has 3 aromatic rings. The Morgan fingerprint density at radius 2 is 1.84 bits per heavy atom. The van der Waals surface area contributed by atoms with Crippen molar-refractivity contribution in [3.05, 3.63) is 77.1 Å². The number of methoxy groups -OCH3 is 1. The molecule has 9 nitrogen and oxygen atoms in total. The quantitative estimate of drug-likeness (QED) is 0.275. The molecule has 4 rings (SSSR count). The van der Waals surface area contributed by atoms with Gasteiger partial charge in [0.05, 0.1) is 24.5 Å². The van der Waals surface area contributed by atoms with E-state index in [1.165, 1.54) is 19.5 Å². The molecule has 9 heteroatoms. The SMILES string of the molecule is COc1cc(/C=N/NC(=O)c2ccc(C)nc2)ccc1OC(=O)c1ccc2c(c1)OCO2. The summed E-state index contributed by atoms with van der Waals surface area (Å²) in [5.41, 5.74) is 4.60. The maximum Gasteiger partial charge on any atom is 0.343 e. The first-order valence-corrected chi connectivity index (χ1v) is 9.59. The van der Waals surface area contributed by atoms with Crippen LogP contribution in [0, 0.1) is 6.92 Å². The summed E-state index contributed by atoms with van der Waals surface area (Å²) in [5, 5.41) is 3.95. The predicted molar refractivity (Wildman–Crippen MR) is 115 cm³/mol. The van der Waals surface area contributed by atoms with Gasteiger partial charge in [0, 0.05) is 11.9 Å². The van der Waals surface area contributed by atoms with Gasteiger partial charge in [-0.1, -0.05) is 0 Å². The molecule has 2 aromatic carbocycles. The van der Waals surface area contributed by atoms with Crippen molar-refractivity contribution in [3.63, 3.8) is 0 Å². The van der Waals surface area contributed by atoms with Gasteiger partial charge in [-0.2, -0.15) is 5.10 Å². The number of amides is 1. The summed E-state index contributed by atoms with van der Waals surface area (Å²) >= 11 is 0. The molecular weight excluding hydrogens is 414 g/mol. The lowest BCUT2D eigenvalue weighted by Gasteiger charge is -2.10. The molecule has 1 aliphatic heterocycles. The van der Waals surface area contributed by atoms with Crippen molar-refractivity contribution in [2.75, 3.05) is 13.9 Å². The minimum absolute atomic E-state index is 0.118. The molecule has 0 spiro atoms. The standard InChI is InChI=1S/C23H19N3O6/c1-14-3-5-17(12-24-14)22(27)26-25-11-15-4-7-19(20(9-15)29-2)32-23(28)16-6-8-18-21(10-16)31-13-30-18/h3-12H,13H2,1-2H3,(H,26,27)/b25-11+. The summed E-state index contributed by atoms with van der Waals surface area (Å²) in [6, 6.07) is 13.1. The van der Waals surface area contributed by atoms with Gasteiger partial charge in [0.1, 0.15) is 0 Å². The number of hydrogen-bond donors (Lipinski definition) is 1. The Morgan fingerprint density at radius 1 is 1.03 bits per heavy atom. The van der Waals surface area contributed by atoms with E-state index in [9.17, 15) is 9.59 Å². The van der Waals surface area contributed by atoms with Crippen LogP contribution in [0.5, 0.6) is 23.0 Å². The molecule has 1 amide bonds. The second-order valence-electron chi connectivity index (χ2n) is 6.76. The molecule has 0 saturated heterocycles. The van der Waals surface area contributed by atoms with E-state index >= 15 is 0 Å². The van der Waals surface area contributed by atoms with Crippen LogP contribution in [0.3, 0.4) is 0 Å². The zero-order valence-corrected chi connectivity index (χ0v) is 17.3. The number of ether oxygens (including phenoxy) is 4. The molecule has 1 N–H and O–H groups in total. The van der Waals surface area contributed by atoms with Gasteiger partial charge >= 0.3 is 5.97 Å². The lowest BCUT2D eigenvalue weighted by Crippen LogP contribution is -2.17. The first-order valence-electron chi connectivity index (χ1n) is 9.59. The van der Waals surface area contributed by atoms with Gasteiger partial charge in [0.2, 0.25) is 6.79 Å². The number of aryl methyl sites for hydroxylation is 1. The van der Waals surface area contributed by atoms with Crippen molar-refractivity contribution < 1.29 is 28.5 Å². The van der Waals surface area contributed by atoms with Gasteiger partial charge < -0.3 is 18.9 Å². The van der Waals surface area contributed by atoms with E-state index < -0.39 is 5.97 Å². The number of pyridine rings is 1. The number of benzene rings is 2. The van der Waals surface area contributed by atoms with E-state index in [2.05, 4.69) is 15.5 Å². The molecule has 32 heavy (non-hydrogen) atoms. The number of hydrogen-bond acceptors (Lipinski definition) is 8. The van der Waals surface area contributed by atoms with E-state index in [0.29, 0.717) is 33.9 Å². The van der Waals surface area contributed by atoms with E-state index in [-0.39, 0.29) is 18.4 Å². The first-order chi connectivity index (χ1) is 15.5. The van der Waals surface area contributed by atoms with Crippen LogP contribution in [-0.2, 0) is 0 Å². The molecule has 0 saturated carbocycles. The molecule has 0 atom stereocenters. The summed E-state index contributed by atoms with van der Waals surface area (Å²) in [6.07, 6.45) is 2.93. The molecule has 0 radical (unpaired) electrons. The Morgan fingerprint density at radius 3 is 2.62 bits per heavy atom. The molecule has 1 aliphatic rings. The second-order valence-corrected chi connectivity index (χ2v) is 6.76. The fraction of sp³-hybridized carbons (Fsp3) is 0.130. The Bertz CT molecular complexity index is 1190. The number of carbonyl (C=O) groups is 2. The maximum atomic E-state index is 12.5. The smallest absolute Gasteiger partial charge is 0.343 e. The maximum absolute atomic E-state index is 12.5. The topological polar surface area (TPSA) is 108 Å². The number of rotatable bonds is 6. The first kappa shape index (κ1) is 20.9. The van der Waals surface area contributed by atoms with Gasteiger partial charge in [-0.15, -0.1) is 0 Å². The molecule has 2 heterocycles. The van der Waals surface area contributed by atoms with E-state index in [1.54, 1.807) is 48.5 Å². The molecule has 0 fully saturated rings. The van der Waals surface area contributed by atoms with Gasteiger partial charge in [-0.3, -0.25) is 9.78 Å². The van der Waals surface area contributed by atoms with Crippen LogP contribution in [0.4, 0.5) is 0 Å². The summed E-state index contributed by atoms with van der Waals surface area (Å²) in [6.45, 7) is 1.95. The molecule has 162 valence electrons. The minimum atomic E-state index is -0.568. The van der Waals surface area contributed by atoms with Crippen LogP contribution in [0.1, 0.15) is 32.0 Å². The van der Waals surface area contributed by atoms with Gasteiger partial charge in [-0.25, -0.2) is 10.2 Å². The molecule has 0 aliphatic carbocycles.